The quantitative estimate of drug-likeness (QED) is 0.304. The number of unbranched alkanes of at least 4 members (excludes halogenated alkanes) is 1. The Bertz CT molecular complexity index is 1300. The number of hydrogen-bond acceptors (Lipinski definition) is 5. The zero-order valence-corrected chi connectivity index (χ0v) is 23.6. The van der Waals surface area contributed by atoms with Gasteiger partial charge >= 0.3 is 0 Å². The smallest absolute Gasteiger partial charge is 0.247 e. The Balaban J connectivity index is 2.00. The normalized spacial score (nSPS) is 12.1. The number of sulfonamides is 1. The van der Waals surface area contributed by atoms with E-state index in [4.69, 9.17) is 4.74 Å². The summed E-state index contributed by atoms with van der Waals surface area (Å²) in [6.07, 6.45) is 2.80. The van der Waals surface area contributed by atoms with Crippen molar-refractivity contribution in [2.24, 2.45) is 0 Å². The summed E-state index contributed by atoms with van der Waals surface area (Å²) in [6, 6.07) is 24.5. The standard InChI is InChI=1S/C30H37N3O5S/c1-4-5-20-31-30(35)29(26-14-10-7-11-15-26)33(22-25-16-18-27(38-2)19-17-25)28(34)23-32(39(3,36)37)21-24-12-8-6-9-13-24/h6-19,29H,4-5,20-23H2,1-3H3,(H,31,35)/t29-/m1/s1. The van der Waals surface area contributed by atoms with E-state index in [1.807, 2.05) is 67.6 Å². The predicted molar refractivity (Wildman–Crippen MR) is 152 cm³/mol. The molecule has 0 heterocycles. The second-order valence-electron chi connectivity index (χ2n) is 9.34. The molecule has 3 aromatic rings. The summed E-state index contributed by atoms with van der Waals surface area (Å²) < 4.78 is 31.9. The molecule has 0 aromatic heterocycles. The Morgan fingerprint density at radius 2 is 1.46 bits per heavy atom. The van der Waals surface area contributed by atoms with Crippen molar-refractivity contribution < 1.29 is 22.7 Å². The van der Waals surface area contributed by atoms with Crippen molar-refractivity contribution in [3.8, 4) is 5.75 Å². The van der Waals surface area contributed by atoms with E-state index in [0.29, 0.717) is 17.9 Å². The lowest BCUT2D eigenvalue weighted by molar-refractivity contribution is -0.141. The third-order valence-electron chi connectivity index (χ3n) is 6.32. The van der Waals surface area contributed by atoms with Crippen LogP contribution in [0.5, 0.6) is 5.75 Å². The van der Waals surface area contributed by atoms with Crippen LogP contribution in [0.2, 0.25) is 0 Å². The summed E-state index contributed by atoms with van der Waals surface area (Å²) >= 11 is 0. The number of benzene rings is 3. The number of rotatable bonds is 14. The minimum Gasteiger partial charge on any atom is -0.497 e. The Hall–Kier alpha value is -3.69. The minimum atomic E-state index is -3.73. The van der Waals surface area contributed by atoms with Gasteiger partial charge in [0, 0.05) is 19.6 Å². The van der Waals surface area contributed by atoms with E-state index < -0.39 is 28.5 Å². The van der Waals surface area contributed by atoms with Crippen molar-refractivity contribution in [2.75, 3.05) is 26.5 Å². The topological polar surface area (TPSA) is 96.0 Å². The van der Waals surface area contributed by atoms with Crippen LogP contribution in [-0.2, 0) is 32.7 Å². The first-order chi connectivity index (χ1) is 18.7. The highest BCUT2D eigenvalue weighted by atomic mass is 32.2. The third-order valence-corrected chi connectivity index (χ3v) is 7.52. The highest BCUT2D eigenvalue weighted by Gasteiger charge is 2.33. The molecular weight excluding hydrogens is 514 g/mol. The molecule has 39 heavy (non-hydrogen) atoms. The SMILES string of the molecule is CCCCNC(=O)[C@@H](c1ccccc1)N(Cc1ccc(OC)cc1)C(=O)CN(Cc1ccccc1)S(C)(=O)=O. The zero-order chi connectivity index (χ0) is 28.3. The van der Waals surface area contributed by atoms with Crippen LogP contribution in [0.3, 0.4) is 0 Å². The number of nitrogens with one attached hydrogen (secondary N) is 1. The molecule has 2 amide bonds. The fraction of sp³-hybridized carbons (Fsp3) is 0.333. The lowest BCUT2D eigenvalue weighted by Gasteiger charge is -2.33. The lowest BCUT2D eigenvalue weighted by Crippen LogP contribution is -2.47. The third kappa shape index (κ3) is 8.94. The first-order valence-electron chi connectivity index (χ1n) is 13.0. The van der Waals surface area contributed by atoms with Gasteiger partial charge in [0.15, 0.2) is 0 Å². The van der Waals surface area contributed by atoms with Gasteiger partial charge in [-0.3, -0.25) is 9.59 Å². The van der Waals surface area contributed by atoms with Crippen molar-refractivity contribution in [2.45, 2.75) is 38.9 Å². The second kappa shape index (κ2) is 14.5. The van der Waals surface area contributed by atoms with Crippen LogP contribution in [-0.4, -0.2) is 55.9 Å². The molecule has 0 fully saturated rings. The van der Waals surface area contributed by atoms with Gasteiger partial charge in [0.1, 0.15) is 11.8 Å². The van der Waals surface area contributed by atoms with Crippen LogP contribution >= 0.6 is 0 Å². The Labute approximate surface area is 231 Å². The minimum absolute atomic E-state index is 0.0422. The van der Waals surface area contributed by atoms with Gasteiger partial charge in [-0.2, -0.15) is 4.31 Å². The number of nitrogens with zero attached hydrogens (tertiary/aromatic N) is 2. The summed E-state index contributed by atoms with van der Waals surface area (Å²) in [5.41, 5.74) is 2.18. The molecule has 0 aliphatic rings. The molecule has 8 nitrogen and oxygen atoms in total. The molecule has 0 aliphatic carbocycles. The van der Waals surface area contributed by atoms with E-state index in [0.717, 1.165) is 34.5 Å². The predicted octanol–water partition coefficient (Wildman–Crippen LogP) is 4.14. The molecule has 9 heteroatoms. The fourth-order valence-corrected chi connectivity index (χ4v) is 4.89. The van der Waals surface area contributed by atoms with Crippen LogP contribution in [0.25, 0.3) is 0 Å². The summed E-state index contributed by atoms with van der Waals surface area (Å²) in [4.78, 5) is 29.0. The van der Waals surface area contributed by atoms with Gasteiger partial charge in [0.2, 0.25) is 21.8 Å². The molecule has 0 unspecified atom stereocenters. The van der Waals surface area contributed by atoms with Gasteiger partial charge in [0.25, 0.3) is 0 Å². The average molecular weight is 552 g/mol. The number of ether oxygens (including phenoxy) is 1. The number of hydrogen-bond donors (Lipinski definition) is 1. The number of amides is 2. The van der Waals surface area contributed by atoms with E-state index in [1.54, 1.807) is 31.4 Å². The highest BCUT2D eigenvalue weighted by molar-refractivity contribution is 7.88. The van der Waals surface area contributed by atoms with Gasteiger partial charge in [-0.05, 0) is 35.2 Å². The van der Waals surface area contributed by atoms with Crippen molar-refractivity contribution >= 4 is 21.8 Å². The van der Waals surface area contributed by atoms with E-state index in [-0.39, 0.29) is 19.0 Å². The van der Waals surface area contributed by atoms with Crippen molar-refractivity contribution in [3.05, 3.63) is 102 Å². The van der Waals surface area contributed by atoms with Gasteiger partial charge in [-0.25, -0.2) is 8.42 Å². The second-order valence-corrected chi connectivity index (χ2v) is 11.3. The molecule has 0 saturated heterocycles. The summed E-state index contributed by atoms with van der Waals surface area (Å²) in [6.45, 7) is 2.25. The largest absolute Gasteiger partial charge is 0.497 e. The van der Waals surface area contributed by atoms with E-state index in [2.05, 4.69) is 5.32 Å². The molecule has 0 radical (unpaired) electrons. The number of carbonyl (C=O) groups excluding carboxylic acids is 2. The van der Waals surface area contributed by atoms with Gasteiger partial charge < -0.3 is 15.0 Å². The fourth-order valence-electron chi connectivity index (χ4n) is 4.16. The van der Waals surface area contributed by atoms with Crippen LogP contribution in [0.4, 0.5) is 0 Å². The van der Waals surface area contributed by atoms with Crippen molar-refractivity contribution in [1.82, 2.24) is 14.5 Å². The van der Waals surface area contributed by atoms with Crippen molar-refractivity contribution in [3.63, 3.8) is 0 Å². The molecule has 0 saturated carbocycles. The molecular formula is C30H37N3O5S. The Morgan fingerprint density at radius 3 is 2.03 bits per heavy atom. The summed E-state index contributed by atoms with van der Waals surface area (Å²) in [5.74, 6) is -0.128. The monoisotopic (exact) mass is 551 g/mol. The van der Waals surface area contributed by atoms with Gasteiger partial charge in [-0.1, -0.05) is 86.1 Å². The molecule has 1 atom stereocenters. The molecule has 0 bridgehead atoms. The maximum absolute atomic E-state index is 14.0. The van der Waals surface area contributed by atoms with E-state index in [1.165, 1.54) is 4.90 Å². The number of methoxy groups -OCH3 is 1. The zero-order valence-electron chi connectivity index (χ0n) is 22.7. The van der Waals surface area contributed by atoms with Crippen LogP contribution in [0.1, 0.15) is 42.5 Å². The van der Waals surface area contributed by atoms with Crippen molar-refractivity contribution in [1.29, 1.82) is 0 Å². The lowest BCUT2D eigenvalue weighted by atomic mass is 10.0. The Morgan fingerprint density at radius 1 is 0.872 bits per heavy atom. The summed E-state index contributed by atoms with van der Waals surface area (Å²) in [5, 5.41) is 2.96. The maximum atomic E-state index is 14.0. The molecule has 3 aromatic carbocycles. The molecule has 0 spiro atoms. The van der Waals surface area contributed by atoms with E-state index in [9.17, 15) is 18.0 Å². The maximum Gasteiger partial charge on any atom is 0.247 e. The average Bonchev–Trinajstić information content (AvgIpc) is 2.93. The van der Waals surface area contributed by atoms with E-state index >= 15 is 0 Å². The first-order valence-corrected chi connectivity index (χ1v) is 14.8. The van der Waals surface area contributed by atoms with Gasteiger partial charge in [0.05, 0.1) is 19.9 Å². The summed E-state index contributed by atoms with van der Waals surface area (Å²) in [7, 11) is -2.16. The van der Waals surface area contributed by atoms with Crippen LogP contribution in [0, 0.1) is 0 Å². The molecule has 1 N–H and O–H groups in total. The highest BCUT2D eigenvalue weighted by Crippen LogP contribution is 2.25. The first kappa shape index (κ1) is 29.9. The molecule has 208 valence electrons. The van der Waals surface area contributed by atoms with Crippen LogP contribution in [0.15, 0.2) is 84.9 Å². The molecule has 0 aliphatic heterocycles. The van der Waals surface area contributed by atoms with Gasteiger partial charge in [-0.15, -0.1) is 0 Å². The number of carbonyl (C=O) groups is 2. The molecule has 3 rings (SSSR count). The van der Waals surface area contributed by atoms with Crippen LogP contribution < -0.4 is 10.1 Å². The Kier molecular flexibility index (Phi) is 11.1.